The number of aliphatic carboxylic acids is 1. The molecule has 0 saturated heterocycles. The van der Waals surface area contributed by atoms with Crippen molar-refractivity contribution in [3.63, 3.8) is 0 Å². The van der Waals surface area contributed by atoms with Crippen molar-refractivity contribution >= 4 is 23.5 Å². The molecule has 0 aliphatic heterocycles. The fraction of sp³-hybridized carbons (Fsp3) is 0.267. The van der Waals surface area contributed by atoms with Crippen molar-refractivity contribution in [2.24, 2.45) is 0 Å². The summed E-state index contributed by atoms with van der Waals surface area (Å²) in [5.41, 5.74) is 1.18. The third-order valence-corrected chi connectivity index (χ3v) is 3.26. The molecule has 7 heteroatoms. The highest BCUT2D eigenvalue weighted by atomic mass is 35.5. The maximum absolute atomic E-state index is 12.0. The van der Waals surface area contributed by atoms with Crippen LogP contribution < -0.4 is 5.32 Å². The third kappa shape index (κ3) is 4.60. The highest BCUT2D eigenvalue weighted by Crippen LogP contribution is 2.19. The van der Waals surface area contributed by atoms with E-state index in [1.165, 1.54) is 0 Å². The van der Waals surface area contributed by atoms with Gasteiger partial charge in [0.05, 0.1) is 24.6 Å². The van der Waals surface area contributed by atoms with Gasteiger partial charge in [-0.2, -0.15) is 0 Å². The number of carboxylic acid groups (broad SMARTS) is 1. The van der Waals surface area contributed by atoms with Crippen LogP contribution in [0.4, 0.5) is 0 Å². The number of aryl methyl sites for hydroxylation is 1. The van der Waals surface area contributed by atoms with Crippen LogP contribution in [0.25, 0.3) is 0 Å². The van der Waals surface area contributed by atoms with Gasteiger partial charge in [-0.15, -0.1) is 0 Å². The molecule has 0 radical (unpaired) electrons. The van der Waals surface area contributed by atoms with Crippen LogP contribution in [0.5, 0.6) is 0 Å². The highest BCUT2D eigenvalue weighted by Gasteiger charge is 2.19. The molecule has 0 bridgehead atoms. The van der Waals surface area contributed by atoms with E-state index < -0.39 is 12.0 Å². The average Bonchev–Trinajstić information content (AvgIpc) is 2.83. The molecule has 1 atom stereocenters. The van der Waals surface area contributed by atoms with Gasteiger partial charge in [-0.1, -0.05) is 28.9 Å². The summed E-state index contributed by atoms with van der Waals surface area (Å²) < 4.78 is 4.89. The quantitative estimate of drug-likeness (QED) is 0.852. The fourth-order valence-corrected chi connectivity index (χ4v) is 2.16. The number of nitrogens with one attached hydrogen (secondary N) is 1. The molecule has 0 unspecified atom stereocenters. The standard InChI is InChI=1S/C15H15ClN2O4/c1-9-6-12(18-22-9)7-14(19)17-13(8-15(20)21)10-2-4-11(16)5-3-10/h2-6,13H,7-8H2,1H3,(H,17,19)(H,20,21)/t13-/m0/s1. The molecule has 0 aliphatic carbocycles. The number of hydrogen-bond donors (Lipinski definition) is 2. The molecule has 0 fully saturated rings. The Morgan fingerprint density at radius 2 is 2.05 bits per heavy atom. The number of halogens is 1. The summed E-state index contributed by atoms with van der Waals surface area (Å²) in [7, 11) is 0. The Hall–Kier alpha value is -2.34. The second-order valence-corrected chi connectivity index (χ2v) is 5.31. The van der Waals surface area contributed by atoms with Crippen molar-refractivity contribution in [2.75, 3.05) is 0 Å². The molecule has 2 aromatic rings. The van der Waals surface area contributed by atoms with Crippen molar-refractivity contribution in [3.8, 4) is 0 Å². The van der Waals surface area contributed by atoms with E-state index >= 15 is 0 Å². The lowest BCUT2D eigenvalue weighted by Gasteiger charge is -2.17. The van der Waals surface area contributed by atoms with Crippen molar-refractivity contribution < 1.29 is 19.2 Å². The minimum absolute atomic E-state index is 0.0288. The van der Waals surface area contributed by atoms with Crippen LogP contribution in [0.3, 0.4) is 0 Å². The zero-order chi connectivity index (χ0) is 16.1. The van der Waals surface area contributed by atoms with Gasteiger partial charge >= 0.3 is 5.97 Å². The summed E-state index contributed by atoms with van der Waals surface area (Å²) in [5, 5.41) is 16.0. The minimum Gasteiger partial charge on any atom is -0.481 e. The lowest BCUT2D eigenvalue weighted by atomic mass is 10.0. The van der Waals surface area contributed by atoms with Gasteiger partial charge in [-0.25, -0.2) is 0 Å². The van der Waals surface area contributed by atoms with E-state index in [0.29, 0.717) is 22.0 Å². The van der Waals surface area contributed by atoms with Gasteiger partial charge in [0.1, 0.15) is 5.76 Å². The molecule has 6 nitrogen and oxygen atoms in total. The Morgan fingerprint density at radius 1 is 1.36 bits per heavy atom. The molecule has 1 heterocycles. The normalized spacial score (nSPS) is 11.9. The molecule has 2 N–H and O–H groups in total. The van der Waals surface area contributed by atoms with E-state index in [0.717, 1.165) is 0 Å². The van der Waals surface area contributed by atoms with Gasteiger partial charge < -0.3 is 14.9 Å². The summed E-state index contributed by atoms with van der Waals surface area (Å²) >= 11 is 5.82. The summed E-state index contributed by atoms with van der Waals surface area (Å²) in [6.07, 6.45) is -0.188. The van der Waals surface area contributed by atoms with Gasteiger partial charge in [-0.05, 0) is 24.6 Å². The Kier molecular flexibility index (Phi) is 5.16. The van der Waals surface area contributed by atoms with Gasteiger partial charge in [0, 0.05) is 11.1 Å². The topological polar surface area (TPSA) is 92.4 Å². The van der Waals surface area contributed by atoms with Gasteiger partial charge in [0.25, 0.3) is 0 Å². The molecule has 1 amide bonds. The zero-order valence-electron chi connectivity index (χ0n) is 11.9. The number of hydrogen-bond acceptors (Lipinski definition) is 4. The van der Waals surface area contributed by atoms with Crippen LogP contribution in [0, 0.1) is 6.92 Å². The van der Waals surface area contributed by atoms with E-state index in [9.17, 15) is 9.59 Å². The molecular formula is C15H15ClN2O4. The first kappa shape index (κ1) is 16.0. The summed E-state index contributed by atoms with van der Waals surface area (Å²) in [6.45, 7) is 1.73. The van der Waals surface area contributed by atoms with Gasteiger partial charge in [0.15, 0.2) is 0 Å². The molecule has 0 saturated carbocycles. The second-order valence-electron chi connectivity index (χ2n) is 4.88. The summed E-state index contributed by atoms with van der Waals surface area (Å²) in [5.74, 6) is -0.713. The predicted octanol–water partition coefficient (Wildman–Crippen LogP) is 2.51. The van der Waals surface area contributed by atoms with Crippen LogP contribution in [0.1, 0.15) is 29.5 Å². The van der Waals surface area contributed by atoms with E-state index in [2.05, 4.69) is 10.5 Å². The first-order valence-electron chi connectivity index (χ1n) is 6.63. The van der Waals surface area contributed by atoms with Crippen molar-refractivity contribution in [1.29, 1.82) is 0 Å². The third-order valence-electron chi connectivity index (χ3n) is 3.00. The Bertz CT molecular complexity index is 666. The lowest BCUT2D eigenvalue weighted by molar-refractivity contribution is -0.137. The average molecular weight is 323 g/mol. The molecular weight excluding hydrogens is 308 g/mol. The fourth-order valence-electron chi connectivity index (χ4n) is 2.03. The van der Waals surface area contributed by atoms with E-state index in [1.54, 1.807) is 37.3 Å². The first-order chi connectivity index (χ1) is 10.4. The first-order valence-corrected chi connectivity index (χ1v) is 7.00. The van der Waals surface area contributed by atoms with Crippen LogP contribution in [-0.2, 0) is 16.0 Å². The molecule has 116 valence electrons. The number of carbonyl (C=O) groups excluding carboxylic acids is 1. The summed E-state index contributed by atoms with van der Waals surface area (Å²) in [6, 6.07) is 7.72. The maximum Gasteiger partial charge on any atom is 0.305 e. The van der Waals surface area contributed by atoms with E-state index in [1.807, 2.05) is 0 Å². The molecule has 1 aromatic carbocycles. The number of carboxylic acids is 1. The minimum atomic E-state index is -1.00. The highest BCUT2D eigenvalue weighted by molar-refractivity contribution is 6.30. The van der Waals surface area contributed by atoms with Gasteiger partial charge in [0.2, 0.25) is 5.91 Å². The SMILES string of the molecule is Cc1cc(CC(=O)N[C@@H](CC(=O)O)c2ccc(Cl)cc2)no1. The number of rotatable bonds is 6. The Labute approximate surface area is 132 Å². The van der Waals surface area contributed by atoms with Crippen molar-refractivity contribution in [2.45, 2.75) is 25.8 Å². The largest absolute Gasteiger partial charge is 0.481 e. The Balaban J connectivity index is 2.07. The Morgan fingerprint density at radius 3 is 2.59 bits per heavy atom. The second kappa shape index (κ2) is 7.09. The number of carbonyl (C=O) groups is 2. The molecule has 2 rings (SSSR count). The molecule has 1 aromatic heterocycles. The molecule has 0 spiro atoms. The predicted molar refractivity (Wildman–Crippen MR) is 79.5 cm³/mol. The number of benzene rings is 1. The van der Waals surface area contributed by atoms with Crippen LogP contribution >= 0.6 is 11.6 Å². The number of nitrogens with zero attached hydrogens (tertiary/aromatic N) is 1. The van der Waals surface area contributed by atoms with Crippen LogP contribution in [0.2, 0.25) is 5.02 Å². The maximum atomic E-state index is 12.0. The number of amides is 1. The van der Waals surface area contributed by atoms with Crippen molar-refractivity contribution in [1.82, 2.24) is 10.5 Å². The molecule has 0 aliphatic rings. The zero-order valence-corrected chi connectivity index (χ0v) is 12.6. The van der Waals surface area contributed by atoms with E-state index in [4.69, 9.17) is 21.2 Å². The number of aromatic nitrogens is 1. The lowest BCUT2D eigenvalue weighted by Crippen LogP contribution is -2.31. The van der Waals surface area contributed by atoms with Crippen LogP contribution in [0.15, 0.2) is 34.9 Å². The van der Waals surface area contributed by atoms with E-state index in [-0.39, 0.29) is 18.7 Å². The smallest absolute Gasteiger partial charge is 0.305 e. The molecule has 22 heavy (non-hydrogen) atoms. The van der Waals surface area contributed by atoms with Crippen molar-refractivity contribution in [3.05, 3.63) is 52.4 Å². The van der Waals surface area contributed by atoms with Gasteiger partial charge in [-0.3, -0.25) is 9.59 Å². The summed E-state index contributed by atoms with van der Waals surface area (Å²) in [4.78, 5) is 23.0. The van der Waals surface area contributed by atoms with Crippen LogP contribution in [-0.4, -0.2) is 22.1 Å². The monoisotopic (exact) mass is 322 g/mol.